The minimum Gasteiger partial charge on any atom is -0.387 e. The molecule has 0 radical (unpaired) electrons. The van der Waals surface area contributed by atoms with Crippen LogP contribution in [0.5, 0.6) is 0 Å². The Morgan fingerprint density at radius 2 is 1.15 bits per heavy atom. The van der Waals surface area contributed by atoms with Crippen LogP contribution >= 0.6 is 8.46 Å². The van der Waals surface area contributed by atoms with E-state index in [1.54, 1.807) is 0 Å². The predicted molar refractivity (Wildman–Crippen MR) is 143 cm³/mol. The molecule has 0 aromatic heterocycles. The molecule has 0 aliphatic carbocycles. The van der Waals surface area contributed by atoms with E-state index in [1.807, 2.05) is 0 Å². The van der Waals surface area contributed by atoms with Crippen LogP contribution in [0, 0.1) is 0 Å². The van der Waals surface area contributed by atoms with E-state index < -0.39 is 6.10 Å². The minimum absolute atomic E-state index is 0.111. The molecule has 5 heteroatoms. The number of hydrogen-bond acceptors (Lipinski definition) is 3. The van der Waals surface area contributed by atoms with Gasteiger partial charge in [-0.3, -0.25) is 9.36 Å². The normalized spacial score (nSPS) is 13.0. The average Bonchev–Trinajstić information content (AvgIpc) is 2.77. The fourth-order valence-corrected chi connectivity index (χ4v) is 5.04. The predicted octanol–water partition coefficient (Wildman–Crippen LogP) is 8.11. The molecule has 0 aliphatic heterocycles. The van der Waals surface area contributed by atoms with Gasteiger partial charge in [0, 0.05) is 19.0 Å². The Morgan fingerprint density at radius 3 is 1.61 bits per heavy atom. The highest BCUT2D eigenvalue weighted by Gasteiger charge is 2.20. The fraction of sp³-hybridized carbons (Fsp3) is 0.964. The lowest BCUT2D eigenvalue weighted by Gasteiger charge is -2.31. The highest BCUT2D eigenvalue weighted by atomic mass is 31.1. The summed E-state index contributed by atoms with van der Waals surface area (Å²) in [6.45, 7) is 3.93. The lowest BCUT2D eigenvalue weighted by molar-refractivity contribution is -0.893. The molecule has 1 atom stereocenters. The van der Waals surface area contributed by atoms with Crippen LogP contribution < -0.4 is 0 Å². The number of carbonyl (C=O) groups is 1. The number of nitrogens with zero attached hydrogens (tertiary/aromatic N) is 1. The summed E-state index contributed by atoms with van der Waals surface area (Å²) in [5, 5.41) is 10.0. The number of ketones is 1. The van der Waals surface area contributed by atoms with Crippen molar-refractivity contribution in [3.05, 3.63) is 0 Å². The second kappa shape index (κ2) is 23.4. The standard InChI is InChI=1S/C28H57NO3P/c1-4-5-6-7-8-9-10-11-12-13-14-15-16-17-18-21-27(30)22-19-20-24-29(2,3)26-28(31)23-25-33-32/h28,31H,4-26H2,1-3H3/q+1. The van der Waals surface area contributed by atoms with Crippen molar-refractivity contribution in [3.8, 4) is 0 Å². The average molecular weight is 487 g/mol. The van der Waals surface area contributed by atoms with Crippen LogP contribution in [-0.4, -0.2) is 54.8 Å². The zero-order valence-electron chi connectivity index (χ0n) is 22.5. The summed E-state index contributed by atoms with van der Waals surface area (Å²) >= 11 is 0. The third-order valence-corrected chi connectivity index (χ3v) is 7.23. The Labute approximate surface area is 208 Å². The van der Waals surface area contributed by atoms with Crippen molar-refractivity contribution in [3.63, 3.8) is 0 Å². The van der Waals surface area contributed by atoms with Gasteiger partial charge in [0.25, 0.3) is 0 Å². The molecule has 0 aromatic carbocycles. The SMILES string of the molecule is CCCCCCCCCCCCCCCCCC(=O)CCCC[N+](C)(C)CC(O)CCP=O. The van der Waals surface area contributed by atoms with Crippen molar-refractivity contribution in [2.45, 2.75) is 141 Å². The Balaban J connectivity index is 3.42. The van der Waals surface area contributed by atoms with Gasteiger partial charge in [-0.15, -0.1) is 0 Å². The van der Waals surface area contributed by atoms with Crippen molar-refractivity contribution < 1.29 is 18.9 Å². The Kier molecular flexibility index (Phi) is 23.2. The molecule has 0 bridgehead atoms. The first-order chi connectivity index (χ1) is 15.9. The van der Waals surface area contributed by atoms with Gasteiger partial charge in [-0.05, 0) is 25.7 Å². The van der Waals surface area contributed by atoms with Crippen LogP contribution in [0.1, 0.15) is 135 Å². The third kappa shape index (κ3) is 24.6. The van der Waals surface area contributed by atoms with Gasteiger partial charge in [0.1, 0.15) is 18.4 Å². The molecule has 1 unspecified atom stereocenters. The van der Waals surface area contributed by atoms with Gasteiger partial charge in [-0.2, -0.15) is 0 Å². The maximum absolute atomic E-state index is 12.1. The van der Waals surface area contributed by atoms with E-state index >= 15 is 0 Å². The quantitative estimate of drug-likeness (QED) is 0.0763. The van der Waals surface area contributed by atoms with Crippen LogP contribution in [0.25, 0.3) is 0 Å². The maximum atomic E-state index is 12.1. The molecule has 0 amide bonds. The topological polar surface area (TPSA) is 54.4 Å². The van der Waals surface area contributed by atoms with Crippen molar-refractivity contribution >= 4 is 14.2 Å². The largest absolute Gasteiger partial charge is 0.387 e. The van der Waals surface area contributed by atoms with Crippen LogP contribution in [0.2, 0.25) is 0 Å². The van der Waals surface area contributed by atoms with E-state index in [0.29, 0.717) is 31.3 Å². The molecular formula is C28H57NO3P+. The summed E-state index contributed by atoms with van der Waals surface area (Å²) in [6.07, 6.45) is 24.5. The molecular weight excluding hydrogens is 429 g/mol. The number of rotatable bonds is 26. The van der Waals surface area contributed by atoms with E-state index in [-0.39, 0.29) is 8.46 Å². The number of unbranched alkanes of at least 4 members (excludes halogenated alkanes) is 15. The van der Waals surface area contributed by atoms with Crippen LogP contribution in [0.4, 0.5) is 0 Å². The van der Waals surface area contributed by atoms with Crippen molar-refractivity contribution in [2.24, 2.45) is 0 Å². The van der Waals surface area contributed by atoms with Crippen molar-refractivity contribution in [1.29, 1.82) is 0 Å². The van der Waals surface area contributed by atoms with Gasteiger partial charge in [-0.25, -0.2) is 0 Å². The molecule has 196 valence electrons. The third-order valence-electron chi connectivity index (χ3n) is 6.79. The lowest BCUT2D eigenvalue weighted by Crippen LogP contribution is -2.46. The molecule has 0 aliphatic rings. The number of likely N-dealkylation sites (N-methyl/N-ethyl adjacent to an activating group) is 1. The fourth-order valence-electron chi connectivity index (χ4n) is 4.64. The summed E-state index contributed by atoms with van der Waals surface area (Å²) in [6, 6.07) is 0. The number of aliphatic hydroxyl groups excluding tert-OH is 1. The first kappa shape index (κ1) is 32.7. The van der Waals surface area contributed by atoms with Crippen molar-refractivity contribution in [2.75, 3.05) is 33.3 Å². The van der Waals surface area contributed by atoms with Crippen molar-refractivity contribution in [1.82, 2.24) is 0 Å². The lowest BCUT2D eigenvalue weighted by atomic mass is 10.0. The second-order valence-electron chi connectivity index (χ2n) is 10.8. The summed E-state index contributed by atoms with van der Waals surface area (Å²) in [5.74, 6) is 0.421. The van der Waals surface area contributed by atoms with Gasteiger partial charge in [-0.1, -0.05) is 96.8 Å². The summed E-state index contributed by atoms with van der Waals surface area (Å²) in [5.41, 5.74) is 0. The number of hydrogen-bond donors (Lipinski definition) is 1. The molecule has 33 heavy (non-hydrogen) atoms. The van der Waals surface area contributed by atoms with Crippen LogP contribution in [0.15, 0.2) is 0 Å². The van der Waals surface area contributed by atoms with Crippen LogP contribution in [-0.2, 0) is 9.36 Å². The van der Waals surface area contributed by atoms with E-state index in [2.05, 4.69) is 21.0 Å². The second-order valence-corrected chi connectivity index (χ2v) is 11.5. The van der Waals surface area contributed by atoms with Gasteiger partial charge in [0.05, 0.1) is 20.6 Å². The zero-order valence-corrected chi connectivity index (χ0v) is 23.4. The summed E-state index contributed by atoms with van der Waals surface area (Å²) in [4.78, 5) is 12.1. The Morgan fingerprint density at radius 1 is 0.727 bits per heavy atom. The smallest absolute Gasteiger partial charge is 0.155 e. The Bertz CT molecular complexity index is 456. The van der Waals surface area contributed by atoms with Gasteiger partial charge < -0.3 is 9.59 Å². The van der Waals surface area contributed by atoms with E-state index in [0.717, 1.165) is 36.7 Å². The van der Waals surface area contributed by atoms with E-state index in [1.165, 1.54) is 89.9 Å². The number of Topliss-reactive ketones (excluding diaryl/α,β-unsaturated/α-hetero) is 1. The van der Waals surface area contributed by atoms with Gasteiger partial charge >= 0.3 is 0 Å². The highest BCUT2D eigenvalue weighted by molar-refractivity contribution is 7.23. The number of quaternary nitrogens is 1. The van der Waals surface area contributed by atoms with Gasteiger partial charge in [0.2, 0.25) is 0 Å². The Hall–Kier alpha value is -0.310. The number of aliphatic hydroxyl groups is 1. The monoisotopic (exact) mass is 486 g/mol. The molecule has 0 rings (SSSR count). The first-order valence-electron chi connectivity index (χ1n) is 14.2. The molecule has 1 N–H and O–H groups in total. The van der Waals surface area contributed by atoms with E-state index in [4.69, 9.17) is 0 Å². The maximum Gasteiger partial charge on any atom is 0.155 e. The summed E-state index contributed by atoms with van der Waals surface area (Å²) in [7, 11) is 4.35. The zero-order chi connectivity index (χ0) is 24.6. The highest BCUT2D eigenvalue weighted by Crippen LogP contribution is 2.14. The minimum atomic E-state index is -0.395. The van der Waals surface area contributed by atoms with Gasteiger partial charge in [0.15, 0.2) is 8.46 Å². The molecule has 0 spiro atoms. The summed E-state index contributed by atoms with van der Waals surface area (Å²) < 4.78 is 11.3. The molecule has 0 saturated carbocycles. The number of carbonyl (C=O) groups excluding carboxylic acids is 1. The molecule has 0 saturated heterocycles. The molecule has 0 fully saturated rings. The first-order valence-corrected chi connectivity index (χ1v) is 15.2. The van der Waals surface area contributed by atoms with Crippen LogP contribution in [0.3, 0.4) is 0 Å². The van der Waals surface area contributed by atoms with E-state index in [9.17, 15) is 14.5 Å². The molecule has 0 heterocycles. The molecule has 4 nitrogen and oxygen atoms in total. The molecule has 0 aromatic rings.